The van der Waals surface area contributed by atoms with Gasteiger partial charge in [0.1, 0.15) is 12.6 Å². The summed E-state index contributed by atoms with van der Waals surface area (Å²) in [6.45, 7) is 2.74. The van der Waals surface area contributed by atoms with Crippen LogP contribution < -0.4 is 5.73 Å². The molecular formula is C44H80NO10P. The lowest BCUT2D eigenvalue weighted by molar-refractivity contribution is -0.161. The first kappa shape index (κ1) is 53.7. The summed E-state index contributed by atoms with van der Waals surface area (Å²) in [4.78, 5) is 45.9. The van der Waals surface area contributed by atoms with E-state index in [2.05, 4.69) is 54.8 Å². The summed E-state index contributed by atoms with van der Waals surface area (Å²) in [6.07, 6.45) is 42.0. The first-order valence-corrected chi connectivity index (χ1v) is 23.5. The molecule has 4 N–H and O–H groups in total. The molecule has 0 radical (unpaired) electrons. The number of hydrogen-bond donors (Lipinski definition) is 3. The number of unbranched alkanes of at least 4 members (excludes halogenated alkanes) is 21. The zero-order chi connectivity index (χ0) is 41.4. The molecule has 0 heterocycles. The van der Waals surface area contributed by atoms with Gasteiger partial charge in [0.2, 0.25) is 0 Å². The lowest BCUT2D eigenvalue weighted by Gasteiger charge is -2.20. The van der Waals surface area contributed by atoms with Crippen molar-refractivity contribution in [1.29, 1.82) is 0 Å². The van der Waals surface area contributed by atoms with Crippen molar-refractivity contribution < 1.29 is 47.5 Å². The van der Waals surface area contributed by atoms with E-state index in [9.17, 15) is 23.8 Å². The predicted molar refractivity (Wildman–Crippen MR) is 226 cm³/mol. The van der Waals surface area contributed by atoms with Crippen LogP contribution in [-0.4, -0.2) is 59.9 Å². The van der Waals surface area contributed by atoms with Gasteiger partial charge in [-0.05, 0) is 64.2 Å². The molecule has 3 atom stereocenters. The topological polar surface area (TPSA) is 172 Å². The zero-order valence-corrected chi connectivity index (χ0v) is 36.1. The van der Waals surface area contributed by atoms with Crippen LogP contribution in [0.2, 0.25) is 0 Å². The smallest absolute Gasteiger partial charge is 0.472 e. The molecule has 12 heteroatoms. The molecule has 326 valence electrons. The van der Waals surface area contributed by atoms with Crippen molar-refractivity contribution in [2.45, 2.75) is 206 Å². The quantitative estimate of drug-likeness (QED) is 0.0232. The van der Waals surface area contributed by atoms with Crippen molar-refractivity contribution in [3.8, 4) is 0 Å². The van der Waals surface area contributed by atoms with E-state index in [1.165, 1.54) is 83.5 Å². The Kier molecular flexibility index (Phi) is 37.9. The fourth-order valence-electron chi connectivity index (χ4n) is 5.84. The highest BCUT2D eigenvalue weighted by atomic mass is 31.2. The van der Waals surface area contributed by atoms with Gasteiger partial charge in [-0.2, -0.15) is 0 Å². The number of carbonyl (C=O) groups is 3. The van der Waals surface area contributed by atoms with Gasteiger partial charge in [-0.25, -0.2) is 4.57 Å². The van der Waals surface area contributed by atoms with E-state index in [1.807, 2.05) is 0 Å². The molecule has 3 unspecified atom stereocenters. The fraction of sp³-hybridized carbons (Fsp3) is 0.795. The summed E-state index contributed by atoms with van der Waals surface area (Å²) in [5, 5.41) is 8.88. The molecule has 56 heavy (non-hydrogen) atoms. The number of carbonyl (C=O) groups excluding carboxylic acids is 2. The second-order valence-corrected chi connectivity index (χ2v) is 16.3. The number of carboxylic acid groups (broad SMARTS) is 1. The highest BCUT2D eigenvalue weighted by Crippen LogP contribution is 2.43. The fourth-order valence-corrected chi connectivity index (χ4v) is 6.62. The van der Waals surface area contributed by atoms with Crippen LogP contribution in [-0.2, 0) is 37.5 Å². The molecule has 0 rings (SSSR count). The van der Waals surface area contributed by atoms with Crippen LogP contribution in [0.15, 0.2) is 36.5 Å². The number of phosphoric acid groups is 1. The van der Waals surface area contributed by atoms with Crippen LogP contribution in [0.1, 0.15) is 194 Å². The molecule has 0 bridgehead atoms. The third-order valence-electron chi connectivity index (χ3n) is 9.36. The molecular weight excluding hydrogens is 733 g/mol. The molecule has 0 aromatic carbocycles. The molecule has 0 aromatic rings. The SMILES string of the molecule is CCCC/C=C\C/C=C\CCCCCCCC(=O)OC(COC(=O)CCCCCCCCC/C=C\CCCCCCCCC)COP(=O)(O)OCC(N)C(=O)O. The van der Waals surface area contributed by atoms with E-state index in [4.69, 9.17) is 24.8 Å². The minimum Gasteiger partial charge on any atom is -0.480 e. The second-order valence-electron chi connectivity index (χ2n) is 14.8. The number of phosphoric ester groups is 1. The summed E-state index contributed by atoms with van der Waals surface area (Å²) in [7, 11) is -4.72. The minimum absolute atomic E-state index is 0.144. The number of aliphatic carboxylic acids is 1. The summed E-state index contributed by atoms with van der Waals surface area (Å²) in [6, 6.07) is -1.52. The van der Waals surface area contributed by atoms with Crippen LogP contribution in [0.3, 0.4) is 0 Å². The van der Waals surface area contributed by atoms with Crippen molar-refractivity contribution in [2.24, 2.45) is 5.73 Å². The molecule has 11 nitrogen and oxygen atoms in total. The Morgan fingerprint density at radius 1 is 0.554 bits per heavy atom. The van der Waals surface area contributed by atoms with E-state index in [-0.39, 0.29) is 19.4 Å². The van der Waals surface area contributed by atoms with Gasteiger partial charge >= 0.3 is 25.7 Å². The summed E-state index contributed by atoms with van der Waals surface area (Å²) < 4.78 is 32.7. The standard InChI is InChI=1S/C44H80NO10P/c1-3-5-7-9-11-13-15-17-19-20-21-22-24-25-27-29-31-33-35-42(46)52-37-40(38-53-56(50,51)54-39-41(45)44(48)49)55-43(47)36-34-32-30-28-26-23-18-16-14-12-10-8-6-4-2/h10,12,16,18-20,40-41H,3-9,11,13-15,17,21-39,45H2,1-2H3,(H,48,49)(H,50,51)/b12-10-,18-16-,20-19-. The third kappa shape index (κ3) is 38.6. The molecule has 0 spiro atoms. The first-order chi connectivity index (χ1) is 27.1. The number of ether oxygens (including phenoxy) is 2. The molecule has 0 aromatic heterocycles. The van der Waals surface area contributed by atoms with E-state index in [0.717, 1.165) is 70.6 Å². The molecule has 0 aliphatic rings. The van der Waals surface area contributed by atoms with E-state index >= 15 is 0 Å². The van der Waals surface area contributed by atoms with Gasteiger partial charge in [0.15, 0.2) is 6.10 Å². The number of nitrogens with two attached hydrogens (primary N) is 1. The zero-order valence-electron chi connectivity index (χ0n) is 35.2. The van der Waals surface area contributed by atoms with Crippen LogP contribution in [0, 0.1) is 0 Å². The number of hydrogen-bond acceptors (Lipinski definition) is 9. The van der Waals surface area contributed by atoms with Gasteiger partial charge in [0.05, 0.1) is 13.2 Å². The van der Waals surface area contributed by atoms with Gasteiger partial charge < -0.3 is 25.2 Å². The Labute approximate surface area is 340 Å². The van der Waals surface area contributed by atoms with E-state index < -0.39 is 51.1 Å². The summed E-state index contributed by atoms with van der Waals surface area (Å²) in [5.74, 6) is -2.40. The van der Waals surface area contributed by atoms with Crippen molar-refractivity contribution in [3.63, 3.8) is 0 Å². The maximum Gasteiger partial charge on any atom is 0.472 e. The number of allylic oxidation sites excluding steroid dienone is 6. The molecule has 0 aliphatic heterocycles. The van der Waals surface area contributed by atoms with Crippen LogP contribution in [0.5, 0.6) is 0 Å². The Bertz CT molecular complexity index is 1100. The molecule has 0 amide bonds. The number of carboxylic acids is 1. The number of esters is 2. The first-order valence-electron chi connectivity index (χ1n) is 22.0. The second kappa shape index (κ2) is 39.5. The average molecular weight is 814 g/mol. The lowest BCUT2D eigenvalue weighted by atomic mass is 10.1. The predicted octanol–water partition coefficient (Wildman–Crippen LogP) is 11.6. The van der Waals surface area contributed by atoms with Crippen molar-refractivity contribution in [1.82, 2.24) is 0 Å². The third-order valence-corrected chi connectivity index (χ3v) is 10.3. The summed E-state index contributed by atoms with van der Waals surface area (Å²) >= 11 is 0. The Hall–Kier alpha value is -2.30. The minimum atomic E-state index is -4.72. The highest BCUT2D eigenvalue weighted by Gasteiger charge is 2.28. The number of rotatable bonds is 41. The Balaban J connectivity index is 4.36. The van der Waals surface area contributed by atoms with Crippen molar-refractivity contribution >= 4 is 25.7 Å². The Morgan fingerprint density at radius 2 is 0.964 bits per heavy atom. The average Bonchev–Trinajstić information content (AvgIpc) is 3.17. The van der Waals surface area contributed by atoms with Gasteiger partial charge in [-0.15, -0.1) is 0 Å². The molecule has 0 fully saturated rings. The van der Waals surface area contributed by atoms with Crippen molar-refractivity contribution in [3.05, 3.63) is 36.5 Å². The monoisotopic (exact) mass is 814 g/mol. The van der Waals surface area contributed by atoms with E-state index in [1.54, 1.807) is 0 Å². The van der Waals surface area contributed by atoms with E-state index in [0.29, 0.717) is 12.8 Å². The maximum absolute atomic E-state index is 12.6. The van der Waals surface area contributed by atoms with Crippen LogP contribution in [0.4, 0.5) is 0 Å². The van der Waals surface area contributed by atoms with Gasteiger partial charge in [-0.1, -0.05) is 153 Å². The van der Waals surface area contributed by atoms with Crippen LogP contribution in [0.25, 0.3) is 0 Å². The van der Waals surface area contributed by atoms with Crippen molar-refractivity contribution in [2.75, 3.05) is 19.8 Å². The summed E-state index contributed by atoms with van der Waals surface area (Å²) in [5.41, 5.74) is 5.33. The molecule has 0 saturated heterocycles. The van der Waals surface area contributed by atoms with Gasteiger partial charge in [0.25, 0.3) is 0 Å². The normalized spacial score (nSPS) is 14.1. The highest BCUT2D eigenvalue weighted by molar-refractivity contribution is 7.47. The van der Waals surface area contributed by atoms with Gasteiger partial charge in [0, 0.05) is 12.8 Å². The lowest BCUT2D eigenvalue weighted by Crippen LogP contribution is -2.34. The molecule has 0 saturated carbocycles. The maximum atomic E-state index is 12.6. The van der Waals surface area contributed by atoms with Gasteiger partial charge in [-0.3, -0.25) is 23.4 Å². The van der Waals surface area contributed by atoms with Crippen LogP contribution >= 0.6 is 7.82 Å². The molecule has 0 aliphatic carbocycles. The largest absolute Gasteiger partial charge is 0.480 e. The Morgan fingerprint density at radius 3 is 1.46 bits per heavy atom.